The summed E-state index contributed by atoms with van der Waals surface area (Å²) in [6.45, 7) is 0.572. The van der Waals surface area contributed by atoms with Crippen LogP contribution in [0.5, 0.6) is 0 Å². The Morgan fingerprint density at radius 1 is 1.35 bits per heavy atom. The van der Waals surface area contributed by atoms with E-state index in [1.165, 1.54) is 7.11 Å². The van der Waals surface area contributed by atoms with Crippen molar-refractivity contribution < 1.29 is 9.53 Å². The number of benzene rings is 1. The molecule has 3 rings (SSSR count). The summed E-state index contributed by atoms with van der Waals surface area (Å²) in [6, 6.07) is 9.00. The Hall–Kier alpha value is -2.73. The number of hydrogen-bond donors (Lipinski definition) is 3. The third-order valence-electron chi connectivity index (χ3n) is 3.34. The largest absolute Gasteiger partial charge is 0.464 e. The number of anilines is 2. The molecular formula is C16H15ClN4O2. The number of halogens is 1. The number of hydrogen-bond acceptors (Lipinski definition) is 5. The quantitative estimate of drug-likeness (QED) is 0.504. The van der Waals surface area contributed by atoms with Gasteiger partial charge < -0.3 is 20.8 Å². The van der Waals surface area contributed by atoms with Gasteiger partial charge in [-0.15, -0.1) is 0 Å². The van der Waals surface area contributed by atoms with Crippen LogP contribution >= 0.6 is 11.6 Å². The van der Waals surface area contributed by atoms with Crippen LogP contribution in [0, 0.1) is 0 Å². The highest BCUT2D eigenvalue weighted by Gasteiger charge is 2.15. The molecule has 23 heavy (non-hydrogen) atoms. The number of aromatic nitrogens is 2. The number of aromatic amines is 1. The second kappa shape index (κ2) is 6.18. The van der Waals surface area contributed by atoms with E-state index in [0.717, 1.165) is 16.8 Å². The third-order valence-corrected chi connectivity index (χ3v) is 3.56. The Morgan fingerprint density at radius 2 is 2.17 bits per heavy atom. The molecule has 0 saturated carbocycles. The van der Waals surface area contributed by atoms with Crippen molar-refractivity contribution in [1.82, 2.24) is 9.97 Å². The molecule has 0 spiro atoms. The van der Waals surface area contributed by atoms with Gasteiger partial charge in [0, 0.05) is 29.0 Å². The van der Waals surface area contributed by atoms with E-state index in [2.05, 4.69) is 20.0 Å². The number of esters is 1. The van der Waals surface area contributed by atoms with Gasteiger partial charge in [-0.25, -0.2) is 9.78 Å². The summed E-state index contributed by atoms with van der Waals surface area (Å²) < 4.78 is 4.67. The van der Waals surface area contributed by atoms with Gasteiger partial charge in [0.2, 0.25) is 0 Å². The molecule has 0 fully saturated rings. The molecule has 2 aliphatic heterocycles. The van der Waals surface area contributed by atoms with Crippen LogP contribution < -0.4 is 11.1 Å². The Balaban J connectivity index is 1.78. The molecule has 2 aliphatic rings. The van der Waals surface area contributed by atoms with Gasteiger partial charge in [-0.1, -0.05) is 11.6 Å². The molecule has 0 aromatic heterocycles. The lowest BCUT2D eigenvalue weighted by atomic mass is 10.2. The van der Waals surface area contributed by atoms with Gasteiger partial charge in [0.15, 0.2) is 5.69 Å². The number of H-pyrrole nitrogens is 1. The molecule has 0 atom stereocenters. The Kier molecular flexibility index (Phi) is 4.08. The van der Waals surface area contributed by atoms with E-state index < -0.39 is 5.97 Å². The molecule has 118 valence electrons. The molecule has 0 amide bonds. The van der Waals surface area contributed by atoms with Crippen LogP contribution in [0.25, 0.3) is 11.4 Å². The second-order valence-electron chi connectivity index (χ2n) is 5.07. The zero-order valence-corrected chi connectivity index (χ0v) is 13.1. The van der Waals surface area contributed by atoms with E-state index in [1.54, 1.807) is 18.3 Å². The highest BCUT2D eigenvalue weighted by Crippen LogP contribution is 2.24. The van der Waals surface area contributed by atoms with Gasteiger partial charge in [0.25, 0.3) is 0 Å². The number of methoxy groups -OCH3 is 1. The molecule has 0 unspecified atom stereocenters. The highest BCUT2D eigenvalue weighted by atomic mass is 35.5. The maximum Gasteiger partial charge on any atom is 0.356 e. The van der Waals surface area contributed by atoms with Crippen molar-refractivity contribution in [1.29, 1.82) is 0 Å². The normalized spacial score (nSPS) is 10.7. The highest BCUT2D eigenvalue weighted by molar-refractivity contribution is 6.30. The van der Waals surface area contributed by atoms with E-state index in [9.17, 15) is 4.79 Å². The number of carbonyl (C=O) groups excluding carboxylic acids is 1. The van der Waals surface area contributed by atoms with E-state index >= 15 is 0 Å². The van der Waals surface area contributed by atoms with Crippen LogP contribution in [0.3, 0.4) is 0 Å². The fourth-order valence-corrected chi connectivity index (χ4v) is 2.57. The summed E-state index contributed by atoms with van der Waals surface area (Å²) in [5, 5.41) is 3.87. The number of nitrogens with zero attached hydrogens (tertiary/aromatic N) is 1. The van der Waals surface area contributed by atoms with Crippen LogP contribution in [0.1, 0.15) is 16.1 Å². The fourth-order valence-electron chi connectivity index (χ4n) is 2.31. The number of nitrogens with one attached hydrogen (secondary N) is 2. The molecular weight excluding hydrogens is 316 g/mol. The topological polar surface area (TPSA) is 93.0 Å². The van der Waals surface area contributed by atoms with Crippen LogP contribution in [-0.4, -0.2) is 23.0 Å². The third kappa shape index (κ3) is 3.37. The second-order valence-corrected chi connectivity index (χ2v) is 5.51. The number of ether oxygens (including phenoxy) is 1. The van der Waals surface area contributed by atoms with Crippen molar-refractivity contribution in [2.24, 2.45) is 0 Å². The molecule has 0 aliphatic carbocycles. The SMILES string of the molecule is COC(=O)c1cc2cc(NCc3cc(N)cc(Cl)c3)c[nH]c-2n1. The fraction of sp³-hybridized carbons (Fsp3) is 0.125. The monoisotopic (exact) mass is 330 g/mol. The summed E-state index contributed by atoms with van der Waals surface area (Å²) in [4.78, 5) is 18.7. The summed E-state index contributed by atoms with van der Waals surface area (Å²) >= 11 is 5.99. The zero-order valence-electron chi connectivity index (χ0n) is 12.4. The first-order chi connectivity index (χ1) is 11.0. The lowest BCUT2D eigenvalue weighted by Gasteiger charge is -2.09. The molecule has 0 saturated heterocycles. The predicted molar refractivity (Wildman–Crippen MR) is 89.7 cm³/mol. The minimum absolute atomic E-state index is 0.276. The standard InChI is InChI=1S/C16H15ClN4O2/c1-23-16(22)14-5-10-4-13(8-20-15(10)21-14)19-7-9-2-11(17)6-12(18)3-9/h2-6,8,19H,7,18H2,1H3,(H,20,21). The van der Waals surface area contributed by atoms with Crippen molar-refractivity contribution in [2.45, 2.75) is 6.54 Å². The Labute approximate surface area is 138 Å². The van der Waals surface area contributed by atoms with Gasteiger partial charge in [-0.3, -0.25) is 0 Å². The van der Waals surface area contributed by atoms with Crippen LogP contribution in [0.2, 0.25) is 5.02 Å². The number of nitrogen functional groups attached to an aromatic ring is 1. The maximum atomic E-state index is 11.5. The first kappa shape index (κ1) is 15.2. The van der Waals surface area contributed by atoms with Crippen molar-refractivity contribution in [3.63, 3.8) is 0 Å². The average molecular weight is 331 g/mol. The first-order valence-electron chi connectivity index (χ1n) is 6.91. The molecule has 4 N–H and O–H groups in total. The van der Waals surface area contributed by atoms with Gasteiger partial charge in [-0.05, 0) is 35.9 Å². The van der Waals surface area contributed by atoms with Crippen molar-refractivity contribution in [2.75, 3.05) is 18.2 Å². The van der Waals surface area contributed by atoms with Gasteiger partial charge in [-0.2, -0.15) is 0 Å². The first-order valence-corrected chi connectivity index (χ1v) is 7.29. The van der Waals surface area contributed by atoms with Crippen LogP contribution in [0.15, 0.2) is 36.5 Å². The number of carbonyl (C=O) groups is 1. The number of nitrogens with two attached hydrogens (primary N) is 1. The van der Waals surface area contributed by atoms with E-state index in [4.69, 9.17) is 17.3 Å². The minimum atomic E-state index is -0.460. The van der Waals surface area contributed by atoms with Gasteiger partial charge in [0.1, 0.15) is 5.82 Å². The summed E-state index contributed by atoms with van der Waals surface area (Å²) in [6.07, 6.45) is 1.78. The van der Waals surface area contributed by atoms with Crippen molar-refractivity contribution in [3.05, 3.63) is 52.8 Å². The molecule has 7 heteroatoms. The zero-order chi connectivity index (χ0) is 16.4. The number of pyridine rings is 1. The summed E-state index contributed by atoms with van der Waals surface area (Å²) in [7, 11) is 1.33. The molecule has 1 aromatic rings. The Bertz CT molecular complexity index is 811. The maximum absolute atomic E-state index is 11.5. The Morgan fingerprint density at radius 3 is 2.91 bits per heavy atom. The minimum Gasteiger partial charge on any atom is -0.464 e. The van der Waals surface area contributed by atoms with Crippen molar-refractivity contribution >= 4 is 28.9 Å². The van der Waals surface area contributed by atoms with E-state index in [-0.39, 0.29) is 5.69 Å². The molecule has 0 radical (unpaired) electrons. The van der Waals surface area contributed by atoms with Gasteiger partial charge >= 0.3 is 5.97 Å². The molecule has 2 heterocycles. The van der Waals surface area contributed by atoms with E-state index in [1.807, 2.05) is 18.2 Å². The smallest absolute Gasteiger partial charge is 0.356 e. The number of fused-ring (bicyclic) bond motifs is 1. The average Bonchev–Trinajstić information content (AvgIpc) is 2.94. The molecule has 6 nitrogen and oxygen atoms in total. The summed E-state index contributed by atoms with van der Waals surface area (Å²) in [5.41, 5.74) is 9.34. The van der Waals surface area contributed by atoms with Crippen LogP contribution in [-0.2, 0) is 11.3 Å². The predicted octanol–water partition coefficient (Wildman–Crippen LogP) is 3.15. The van der Waals surface area contributed by atoms with Gasteiger partial charge in [0.05, 0.1) is 12.8 Å². The number of rotatable bonds is 4. The van der Waals surface area contributed by atoms with Crippen molar-refractivity contribution in [3.8, 4) is 11.4 Å². The van der Waals surface area contributed by atoms with E-state index in [0.29, 0.717) is 23.1 Å². The van der Waals surface area contributed by atoms with Crippen LogP contribution in [0.4, 0.5) is 11.4 Å². The molecule has 1 aromatic carbocycles. The lowest BCUT2D eigenvalue weighted by molar-refractivity contribution is 0.0595. The summed E-state index contributed by atoms with van der Waals surface area (Å²) in [5.74, 6) is 0.168. The molecule has 0 bridgehead atoms. The lowest BCUT2D eigenvalue weighted by Crippen LogP contribution is -2.01.